The van der Waals surface area contributed by atoms with Crippen molar-refractivity contribution in [1.29, 1.82) is 0 Å². The number of esters is 1. The zero-order chi connectivity index (χ0) is 10.1. The van der Waals surface area contributed by atoms with Crippen LogP contribution in [-0.2, 0) is 9.53 Å². The summed E-state index contributed by atoms with van der Waals surface area (Å²) in [6, 6.07) is 0. The topological polar surface area (TPSA) is 26.3 Å². The van der Waals surface area contributed by atoms with E-state index in [1.165, 1.54) is 7.11 Å². The summed E-state index contributed by atoms with van der Waals surface area (Å²) >= 11 is 0. The van der Waals surface area contributed by atoms with Gasteiger partial charge in [0.25, 0.3) is 0 Å². The lowest BCUT2D eigenvalue weighted by atomic mass is 9.99. The molecule has 0 aliphatic rings. The van der Waals surface area contributed by atoms with Gasteiger partial charge in [-0.1, -0.05) is 32.6 Å². The molecule has 0 rings (SSSR count). The first-order valence-corrected chi connectivity index (χ1v) is 4.84. The molecule has 0 aromatic carbocycles. The lowest BCUT2D eigenvalue weighted by Gasteiger charge is -2.05. The predicted molar refractivity (Wildman–Crippen MR) is 53.1 cm³/mol. The van der Waals surface area contributed by atoms with Gasteiger partial charge in [-0.25, -0.2) is 4.79 Å². The summed E-state index contributed by atoms with van der Waals surface area (Å²) in [6.07, 6.45) is 4.36. The molecule has 0 heterocycles. The molecule has 0 aromatic heterocycles. The fourth-order valence-corrected chi connectivity index (χ4v) is 1.20. The molecule has 0 aromatic rings. The first-order chi connectivity index (χ1) is 6.24. The molecule has 0 aliphatic carbocycles. The highest BCUT2D eigenvalue weighted by Crippen LogP contribution is 2.11. The Morgan fingerprint density at radius 2 is 1.85 bits per heavy atom. The molecule has 0 atom stereocenters. The predicted octanol–water partition coefficient (Wildman–Crippen LogP) is 2.38. The molecular formula is C11H18O2. The molecule has 0 amide bonds. The van der Waals surface area contributed by atoms with Gasteiger partial charge in [-0.2, -0.15) is 0 Å². The summed E-state index contributed by atoms with van der Waals surface area (Å²) in [4.78, 5) is 10.7. The molecule has 0 N–H and O–H groups in total. The van der Waals surface area contributed by atoms with Crippen LogP contribution in [0.25, 0.3) is 0 Å². The Kier molecular flexibility index (Phi) is 7.10. The van der Waals surface area contributed by atoms with Crippen LogP contribution in [0.3, 0.4) is 0 Å². The molecular weight excluding hydrogens is 164 g/mol. The quantitative estimate of drug-likeness (QED) is 0.379. The molecule has 2 nitrogen and oxygen atoms in total. The van der Waals surface area contributed by atoms with Crippen molar-refractivity contribution in [3.63, 3.8) is 0 Å². The van der Waals surface area contributed by atoms with Gasteiger partial charge in [-0.3, -0.25) is 0 Å². The fraction of sp³-hybridized carbons (Fsp3) is 0.727. The van der Waals surface area contributed by atoms with E-state index in [4.69, 9.17) is 0 Å². The molecule has 0 fully saturated rings. The van der Waals surface area contributed by atoms with Crippen LogP contribution in [0.2, 0.25) is 0 Å². The van der Waals surface area contributed by atoms with Gasteiger partial charge in [-0.15, -0.1) is 0 Å². The molecule has 0 spiro atoms. The van der Waals surface area contributed by atoms with E-state index < -0.39 is 5.97 Å². The number of carbonyl (C=O) groups excluding carboxylic acids is 1. The number of ether oxygens (including phenoxy) is 1. The van der Waals surface area contributed by atoms with E-state index in [1.54, 1.807) is 0 Å². The molecule has 0 saturated carbocycles. The summed E-state index contributed by atoms with van der Waals surface area (Å²) in [5.74, 6) is 5.36. The SMILES string of the molecule is CCCC(C#CC(=O)OC)CCC. The first kappa shape index (κ1) is 12.0. The Hall–Kier alpha value is -0.970. The zero-order valence-corrected chi connectivity index (χ0v) is 8.72. The monoisotopic (exact) mass is 182 g/mol. The second-order valence-corrected chi connectivity index (χ2v) is 3.04. The van der Waals surface area contributed by atoms with Gasteiger partial charge in [0, 0.05) is 11.8 Å². The highest BCUT2D eigenvalue weighted by Gasteiger charge is 2.02. The van der Waals surface area contributed by atoms with Crippen molar-refractivity contribution in [2.75, 3.05) is 7.11 Å². The molecule has 0 saturated heterocycles. The standard InChI is InChI=1S/C11H18O2/c1-4-6-10(7-5-2)8-9-11(12)13-3/h10H,4-7H2,1-3H3. The third-order valence-electron chi connectivity index (χ3n) is 1.84. The number of hydrogen-bond donors (Lipinski definition) is 0. The van der Waals surface area contributed by atoms with Crippen molar-refractivity contribution in [3.05, 3.63) is 0 Å². The van der Waals surface area contributed by atoms with Crippen LogP contribution >= 0.6 is 0 Å². The normalized spacial score (nSPS) is 9.23. The van der Waals surface area contributed by atoms with Gasteiger partial charge in [-0.05, 0) is 12.8 Å². The minimum Gasteiger partial charge on any atom is -0.459 e. The van der Waals surface area contributed by atoms with Crippen LogP contribution in [0.1, 0.15) is 39.5 Å². The van der Waals surface area contributed by atoms with Crippen LogP contribution in [0, 0.1) is 17.8 Å². The minimum atomic E-state index is -0.433. The van der Waals surface area contributed by atoms with Gasteiger partial charge in [0.2, 0.25) is 0 Å². The third-order valence-corrected chi connectivity index (χ3v) is 1.84. The van der Waals surface area contributed by atoms with Crippen LogP contribution in [0.5, 0.6) is 0 Å². The van der Waals surface area contributed by atoms with E-state index >= 15 is 0 Å². The summed E-state index contributed by atoms with van der Waals surface area (Å²) in [5, 5.41) is 0. The maximum atomic E-state index is 10.7. The van der Waals surface area contributed by atoms with Crippen molar-refractivity contribution >= 4 is 5.97 Å². The number of rotatable bonds is 4. The van der Waals surface area contributed by atoms with Gasteiger partial charge in [0.1, 0.15) is 0 Å². The van der Waals surface area contributed by atoms with Gasteiger partial charge in [0.05, 0.1) is 7.11 Å². The Labute approximate surface area is 80.7 Å². The number of hydrogen-bond acceptors (Lipinski definition) is 2. The summed E-state index contributed by atoms with van der Waals surface area (Å²) in [7, 11) is 1.35. The minimum absolute atomic E-state index is 0.356. The average Bonchev–Trinajstić information content (AvgIpc) is 2.14. The van der Waals surface area contributed by atoms with Crippen LogP contribution in [0.4, 0.5) is 0 Å². The maximum Gasteiger partial charge on any atom is 0.384 e. The summed E-state index contributed by atoms with van der Waals surface area (Å²) in [6.45, 7) is 4.25. The van der Waals surface area contributed by atoms with E-state index in [2.05, 4.69) is 30.4 Å². The molecule has 74 valence electrons. The molecule has 0 aliphatic heterocycles. The van der Waals surface area contributed by atoms with E-state index in [9.17, 15) is 4.79 Å². The molecule has 13 heavy (non-hydrogen) atoms. The van der Waals surface area contributed by atoms with Crippen molar-refractivity contribution in [1.82, 2.24) is 0 Å². The van der Waals surface area contributed by atoms with Crippen molar-refractivity contribution in [2.24, 2.45) is 5.92 Å². The Bertz CT molecular complexity index is 192. The van der Waals surface area contributed by atoms with Gasteiger partial charge < -0.3 is 4.74 Å². The fourth-order valence-electron chi connectivity index (χ4n) is 1.20. The maximum absolute atomic E-state index is 10.7. The van der Waals surface area contributed by atoms with Crippen LogP contribution in [0.15, 0.2) is 0 Å². The van der Waals surface area contributed by atoms with Gasteiger partial charge >= 0.3 is 5.97 Å². The Balaban J connectivity index is 4.03. The van der Waals surface area contributed by atoms with E-state index in [1.807, 2.05) is 0 Å². The molecule has 2 heteroatoms. The van der Waals surface area contributed by atoms with E-state index in [0.29, 0.717) is 5.92 Å². The Morgan fingerprint density at radius 3 is 2.23 bits per heavy atom. The lowest BCUT2D eigenvalue weighted by Crippen LogP contribution is -1.99. The van der Waals surface area contributed by atoms with Gasteiger partial charge in [0.15, 0.2) is 0 Å². The van der Waals surface area contributed by atoms with E-state index in [-0.39, 0.29) is 0 Å². The van der Waals surface area contributed by atoms with Crippen molar-refractivity contribution < 1.29 is 9.53 Å². The second kappa shape index (κ2) is 7.67. The first-order valence-electron chi connectivity index (χ1n) is 4.84. The highest BCUT2D eigenvalue weighted by molar-refractivity contribution is 5.88. The lowest BCUT2D eigenvalue weighted by molar-refractivity contribution is -0.133. The average molecular weight is 182 g/mol. The van der Waals surface area contributed by atoms with Crippen LogP contribution < -0.4 is 0 Å². The zero-order valence-electron chi connectivity index (χ0n) is 8.72. The number of methoxy groups -OCH3 is 1. The third kappa shape index (κ3) is 6.21. The molecule has 0 bridgehead atoms. The van der Waals surface area contributed by atoms with Crippen LogP contribution in [-0.4, -0.2) is 13.1 Å². The summed E-state index contributed by atoms with van der Waals surface area (Å²) in [5.41, 5.74) is 0. The summed E-state index contributed by atoms with van der Waals surface area (Å²) < 4.78 is 4.44. The second-order valence-electron chi connectivity index (χ2n) is 3.04. The molecule has 0 radical (unpaired) electrons. The number of carbonyl (C=O) groups is 1. The van der Waals surface area contributed by atoms with Crippen molar-refractivity contribution in [3.8, 4) is 11.8 Å². The largest absolute Gasteiger partial charge is 0.459 e. The molecule has 0 unspecified atom stereocenters. The van der Waals surface area contributed by atoms with Crippen molar-refractivity contribution in [2.45, 2.75) is 39.5 Å². The van der Waals surface area contributed by atoms with E-state index in [0.717, 1.165) is 25.7 Å². The Morgan fingerprint density at radius 1 is 1.31 bits per heavy atom. The highest BCUT2D eigenvalue weighted by atomic mass is 16.5. The smallest absolute Gasteiger partial charge is 0.384 e.